The van der Waals surface area contributed by atoms with E-state index in [4.69, 9.17) is 39.8 Å². The van der Waals surface area contributed by atoms with Gasteiger partial charge in [0.2, 0.25) is 0 Å². The highest BCUT2D eigenvalue weighted by Gasteiger charge is 2.15. The summed E-state index contributed by atoms with van der Waals surface area (Å²) in [6.45, 7) is 0.762. The molecule has 0 saturated carbocycles. The zero-order chi connectivity index (χ0) is 20.4. The van der Waals surface area contributed by atoms with Crippen LogP contribution in [0.25, 0.3) is 11.0 Å². The molecule has 4 aromatic rings. The van der Waals surface area contributed by atoms with Crippen molar-refractivity contribution in [2.24, 2.45) is 0 Å². The first-order valence-corrected chi connectivity index (χ1v) is 10.1. The summed E-state index contributed by atoms with van der Waals surface area (Å²) in [6.07, 6.45) is 0. The lowest BCUT2D eigenvalue weighted by atomic mass is 10.2. The number of hydrogen-bond donors (Lipinski definition) is 1. The van der Waals surface area contributed by atoms with Crippen molar-refractivity contribution in [1.82, 2.24) is 14.9 Å². The van der Waals surface area contributed by atoms with E-state index in [-0.39, 0.29) is 12.5 Å². The molecule has 1 N–H and O–H groups in total. The van der Waals surface area contributed by atoms with Crippen molar-refractivity contribution in [2.75, 3.05) is 0 Å². The van der Waals surface area contributed by atoms with Crippen molar-refractivity contribution < 1.29 is 4.79 Å². The molecule has 0 spiro atoms. The van der Waals surface area contributed by atoms with Gasteiger partial charge in [-0.3, -0.25) is 4.79 Å². The molecule has 7 heteroatoms. The van der Waals surface area contributed by atoms with E-state index in [1.807, 2.05) is 34.9 Å². The number of amides is 1. The molecule has 0 aliphatic carbocycles. The van der Waals surface area contributed by atoms with Crippen LogP contribution in [0.2, 0.25) is 15.1 Å². The quantitative estimate of drug-likeness (QED) is 0.412. The second-order valence-corrected chi connectivity index (χ2v) is 7.75. The zero-order valence-electron chi connectivity index (χ0n) is 15.2. The van der Waals surface area contributed by atoms with Crippen molar-refractivity contribution in [2.45, 2.75) is 13.1 Å². The molecule has 1 aromatic heterocycles. The van der Waals surface area contributed by atoms with E-state index in [0.717, 1.165) is 22.4 Å². The first kappa shape index (κ1) is 19.8. The Hall–Kier alpha value is -2.53. The van der Waals surface area contributed by atoms with Gasteiger partial charge in [-0.25, -0.2) is 4.98 Å². The van der Waals surface area contributed by atoms with Gasteiger partial charge in [0.1, 0.15) is 5.82 Å². The molecule has 0 radical (unpaired) electrons. The molecule has 0 bridgehead atoms. The third-order valence-electron chi connectivity index (χ3n) is 4.60. The van der Waals surface area contributed by atoms with E-state index in [9.17, 15) is 4.79 Å². The minimum absolute atomic E-state index is 0.251. The zero-order valence-corrected chi connectivity index (χ0v) is 17.5. The standard InChI is InChI=1S/C22H16Cl3N3O/c23-15-10-9-14(18(25)11-15)13-28-20-8-4-3-7-19(20)27-21(28)12-26-22(29)16-5-1-2-6-17(16)24/h1-11H,12-13H2,(H,26,29). The summed E-state index contributed by atoms with van der Waals surface area (Å²) in [7, 11) is 0. The number of halogens is 3. The van der Waals surface area contributed by atoms with Gasteiger partial charge in [-0.15, -0.1) is 0 Å². The highest BCUT2D eigenvalue weighted by Crippen LogP contribution is 2.25. The number of nitrogens with zero attached hydrogens (tertiary/aromatic N) is 2. The first-order chi connectivity index (χ1) is 14.0. The van der Waals surface area contributed by atoms with Gasteiger partial charge in [0.15, 0.2) is 0 Å². The molecule has 4 nitrogen and oxygen atoms in total. The molecule has 0 saturated heterocycles. The lowest BCUT2D eigenvalue weighted by Crippen LogP contribution is -2.25. The van der Waals surface area contributed by atoms with Crippen LogP contribution in [0, 0.1) is 0 Å². The smallest absolute Gasteiger partial charge is 0.253 e. The summed E-state index contributed by atoms with van der Waals surface area (Å²) < 4.78 is 2.04. The fraction of sp³-hybridized carbons (Fsp3) is 0.0909. The second kappa shape index (κ2) is 8.46. The van der Waals surface area contributed by atoms with Crippen molar-refractivity contribution in [3.8, 4) is 0 Å². The number of hydrogen-bond acceptors (Lipinski definition) is 2. The monoisotopic (exact) mass is 443 g/mol. The molecule has 0 aliphatic rings. The summed E-state index contributed by atoms with van der Waals surface area (Å²) in [5.41, 5.74) is 3.15. The maximum atomic E-state index is 12.5. The number of fused-ring (bicyclic) bond motifs is 1. The maximum Gasteiger partial charge on any atom is 0.253 e. The molecule has 0 unspecified atom stereocenters. The summed E-state index contributed by atoms with van der Waals surface area (Å²) in [5, 5.41) is 4.48. The second-order valence-electron chi connectivity index (χ2n) is 6.50. The normalized spacial score (nSPS) is 11.0. The third kappa shape index (κ3) is 4.25. The van der Waals surface area contributed by atoms with Crippen LogP contribution < -0.4 is 5.32 Å². The molecule has 3 aromatic carbocycles. The Labute approximate surface area is 183 Å². The van der Waals surface area contributed by atoms with E-state index >= 15 is 0 Å². The number of para-hydroxylation sites is 2. The predicted molar refractivity (Wildman–Crippen MR) is 118 cm³/mol. The molecule has 0 atom stereocenters. The summed E-state index contributed by atoms with van der Waals surface area (Å²) in [4.78, 5) is 17.2. The number of carbonyl (C=O) groups is 1. The SMILES string of the molecule is O=C(NCc1nc2ccccc2n1Cc1ccc(Cl)cc1Cl)c1ccccc1Cl. The molecule has 146 valence electrons. The third-order valence-corrected chi connectivity index (χ3v) is 5.52. The van der Waals surface area contributed by atoms with Gasteiger partial charge in [0, 0.05) is 10.0 Å². The average molecular weight is 445 g/mol. The lowest BCUT2D eigenvalue weighted by molar-refractivity contribution is 0.0949. The topological polar surface area (TPSA) is 46.9 Å². The van der Waals surface area contributed by atoms with Crippen LogP contribution in [0.4, 0.5) is 0 Å². The van der Waals surface area contributed by atoms with Gasteiger partial charge in [0.05, 0.1) is 34.7 Å². The Balaban J connectivity index is 1.64. The van der Waals surface area contributed by atoms with Gasteiger partial charge < -0.3 is 9.88 Å². The van der Waals surface area contributed by atoms with E-state index < -0.39 is 0 Å². The van der Waals surface area contributed by atoms with Crippen molar-refractivity contribution in [3.05, 3.63) is 98.7 Å². The van der Waals surface area contributed by atoms with Crippen LogP contribution in [0.5, 0.6) is 0 Å². The van der Waals surface area contributed by atoms with E-state index in [1.54, 1.807) is 36.4 Å². The average Bonchev–Trinajstić information content (AvgIpc) is 3.06. The maximum absolute atomic E-state index is 12.5. The van der Waals surface area contributed by atoms with Gasteiger partial charge in [0.25, 0.3) is 5.91 Å². The molecule has 4 rings (SSSR count). The van der Waals surface area contributed by atoms with Gasteiger partial charge in [-0.1, -0.05) is 65.1 Å². The molecule has 1 amide bonds. The molecule has 0 aliphatic heterocycles. The number of aromatic nitrogens is 2. The Morgan fingerprint density at radius 2 is 1.69 bits per heavy atom. The van der Waals surface area contributed by atoms with Crippen LogP contribution in [-0.4, -0.2) is 15.5 Å². The predicted octanol–water partition coefficient (Wildman–Crippen LogP) is 5.97. The molecule has 1 heterocycles. The molecular formula is C22H16Cl3N3O. The van der Waals surface area contributed by atoms with Crippen LogP contribution in [0.15, 0.2) is 66.7 Å². The number of nitrogens with one attached hydrogen (secondary N) is 1. The number of imidazole rings is 1. The van der Waals surface area contributed by atoms with Crippen molar-refractivity contribution >= 4 is 51.7 Å². The highest BCUT2D eigenvalue weighted by molar-refractivity contribution is 6.35. The Morgan fingerprint density at radius 3 is 2.48 bits per heavy atom. The van der Waals surface area contributed by atoms with Crippen molar-refractivity contribution in [1.29, 1.82) is 0 Å². The summed E-state index contributed by atoms with van der Waals surface area (Å²) >= 11 is 18.5. The van der Waals surface area contributed by atoms with Crippen LogP contribution in [0.1, 0.15) is 21.7 Å². The largest absolute Gasteiger partial charge is 0.345 e. The Kier molecular flexibility index (Phi) is 5.76. The van der Waals surface area contributed by atoms with E-state index in [0.29, 0.717) is 27.2 Å². The van der Waals surface area contributed by atoms with Crippen LogP contribution >= 0.6 is 34.8 Å². The lowest BCUT2D eigenvalue weighted by Gasteiger charge is -2.12. The first-order valence-electron chi connectivity index (χ1n) is 8.94. The van der Waals surface area contributed by atoms with Crippen LogP contribution in [-0.2, 0) is 13.1 Å². The highest BCUT2D eigenvalue weighted by atomic mass is 35.5. The summed E-state index contributed by atoms with van der Waals surface area (Å²) in [6, 6.07) is 20.2. The fourth-order valence-electron chi connectivity index (χ4n) is 3.16. The Morgan fingerprint density at radius 1 is 0.931 bits per heavy atom. The van der Waals surface area contributed by atoms with Gasteiger partial charge >= 0.3 is 0 Å². The molecule has 29 heavy (non-hydrogen) atoms. The molecular weight excluding hydrogens is 429 g/mol. The summed E-state index contributed by atoms with van der Waals surface area (Å²) in [5.74, 6) is 0.469. The van der Waals surface area contributed by atoms with E-state index in [1.165, 1.54) is 0 Å². The Bertz CT molecular complexity index is 1200. The van der Waals surface area contributed by atoms with Crippen molar-refractivity contribution in [3.63, 3.8) is 0 Å². The van der Waals surface area contributed by atoms with Gasteiger partial charge in [-0.05, 0) is 42.0 Å². The minimum atomic E-state index is -0.251. The number of benzene rings is 3. The number of rotatable bonds is 5. The number of carbonyl (C=O) groups excluding carboxylic acids is 1. The van der Waals surface area contributed by atoms with E-state index in [2.05, 4.69) is 5.32 Å². The van der Waals surface area contributed by atoms with Gasteiger partial charge in [-0.2, -0.15) is 0 Å². The fourth-order valence-corrected chi connectivity index (χ4v) is 3.85. The van der Waals surface area contributed by atoms with Crippen LogP contribution in [0.3, 0.4) is 0 Å². The molecule has 0 fully saturated rings. The minimum Gasteiger partial charge on any atom is -0.345 e.